The van der Waals surface area contributed by atoms with Crippen molar-refractivity contribution in [2.75, 3.05) is 19.4 Å². The van der Waals surface area contributed by atoms with Crippen molar-refractivity contribution in [3.05, 3.63) is 29.8 Å². The SMILES string of the molecule is COc1ccc(C=CCCNC(=O)OC(C)(C)C)cc1N. The predicted molar refractivity (Wildman–Crippen MR) is 85.3 cm³/mol. The second-order valence-corrected chi connectivity index (χ2v) is 5.62. The Bertz CT molecular complexity index is 505. The van der Waals surface area contributed by atoms with Crippen molar-refractivity contribution in [1.29, 1.82) is 0 Å². The number of carbonyl (C=O) groups excluding carboxylic acids is 1. The number of rotatable bonds is 5. The molecule has 0 fully saturated rings. The van der Waals surface area contributed by atoms with E-state index in [4.69, 9.17) is 15.2 Å². The number of nitrogen functional groups attached to an aromatic ring is 1. The molecule has 0 aliphatic rings. The van der Waals surface area contributed by atoms with Crippen LogP contribution in [0.5, 0.6) is 5.75 Å². The quantitative estimate of drug-likeness (QED) is 0.645. The number of ether oxygens (including phenoxy) is 2. The molecule has 0 saturated heterocycles. The van der Waals surface area contributed by atoms with Crippen molar-refractivity contribution in [3.8, 4) is 5.75 Å². The van der Waals surface area contributed by atoms with Gasteiger partial charge in [-0.05, 0) is 44.9 Å². The van der Waals surface area contributed by atoms with Gasteiger partial charge in [-0.2, -0.15) is 0 Å². The minimum atomic E-state index is -0.472. The van der Waals surface area contributed by atoms with Crippen LogP contribution in [0.15, 0.2) is 24.3 Å². The van der Waals surface area contributed by atoms with Crippen molar-refractivity contribution in [1.82, 2.24) is 5.32 Å². The largest absolute Gasteiger partial charge is 0.495 e. The predicted octanol–water partition coefficient (Wildman–Crippen LogP) is 3.21. The number of amides is 1. The van der Waals surface area contributed by atoms with Crippen LogP contribution >= 0.6 is 0 Å². The molecule has 3 N–H and O–H groups in total. The fraction of sp³-hybridized carbons (Fsp3) is 0.438. The number of anilines is 1. The van der Waals surface area contributed by atoms with Crippen LogP contribution < -0.4 is 15.8 Å². The molecule has 5 heteroatoms. The number of hydrogen-bond acceptors (Lipinski definition) is 4. The molecule has 0 aliphatic carbocycles. The third-order valence-electron chi connectivity index (χ3n) is 2.54. The van der Waals surface area contributed by atoms with E-state index >= 15 is 0 Å². The van der Waals surface area contributed by atoms with E-state index in [1.807, 2.05) is 51.1 Å². The molecule has 1 amide bonds. The van der Waals surface area contributed by atoms with Crippen LogP contribution in [-0.4, -0.2) is 25.3 Å². The highest BCUT2D eigenvalue weighted by molar-refractivity contribution is 5.67. The molecule has 1 rings (SSSR count). The molecule has 0 spiro atoms. The van der Waals surface area contributed by atoms with Gasteiger partial charge in [0.1, 0.15) is 11.4 Å². The molecule has 116 valence electrons. The third-order valence-corrected chi connectivity index (χ3v) is 2.54. The number of methoxy groups -OCH3 is 1. The van der Waals surface area contributed by atoms with Gasteiger partial charge in [0.25, 0.3) is 0 Å². The highest BCUT2D eigenvalue weighted by Gasteiger charge is 2.15. The first-order valence-electron chi connectivity index (χ1n) is 6.89. The minimum Gasteiger partial charge on any atom is -0.495 e. The standard InChI is InChI=1S/C16H24N2O3/c1-16(2,3)21-15(19)18-10-6-5-7-12-8-9-14(20-4)13(17)11-12/h5,7-9,11H,6,10,17H2,1-4H3,(H,18,19). The summed E-state index contributed by atoms with van der Waals surface area (Å²) in [5, 5.41) is 2.70. The van der Waals surface area contributed by atoms with E-state index in [0.29, 0.717) is 24.4 Å². The number of alkyl carbamates (subject to hydrolysis) is 1. The van der Waals surface area contributed by atoms with Crippen molar-refractivity contribution in [2.45, 2.75) is 32.8 Å². The van der Waals surface area contributed by atoms with E-state index in [0.717, 1.165) is 5.56 Å². The summed E-state index contributed by atoms with van der Waals surface area (Å²) in [4.78, 5) is 11.4. The molecule has 1 aromatic rings. The maximum absolute atomic E-state index is 11.4. The molecule has 0 atom stereocenters. The van der Waals surface area contributed by atoms with Crippen LogP contribution in [0.3, 0.4) is 0 Å². The van der Waals surface area contributed by atoms with Crippen LogP contribution in [-0.2, 0) is 4.74 Å². The molecule has 0 heterocycles. The van der Waals surface area contributed by atoms with Crippen molar-refractivity contribution in [2.24, 2.45) is 0 Å². The van der Waals surface area contributed by atoms with E-state index in [1.54, 1.807) is 7.11 Å². The Morgan fingerprint density at radius 2 is 2.10 bits per heavy atom. The summed E-state index contributed by atoms with van der Waals surface area (Å²) in [7, 11) is 1.59. The third kappa shape index (κ3) is 6.70. The van der Waals surface area contributed by atoms with Crippen LogP contribution in [0.4, 0.5) is 10.5 Å². The van der Waals surface area contributed by atoms with Crippen LogP contribution in [0, 0.1) is 0 Å². The minimum absolute atomic E-state index is 0.399. The lowest BCUT2D eigenvalue weighted by molar-refractivity contribution is 0.0529. The van der Waals surface area contributed by atoms with Gasteiger partial charge in [0.2, 0.25) is 0 Å². The molecule has 0 aliphatic heterocycles. The lowest BCUT2D eigenvalue weighted by atomic mass is 10.1. The summed E-state index contributed by atoms with van der Waals surface area (Å²) in [6, 6.07) is 5.59. The Labute approximate surface area is 126 Å². The van der Waals surface area contributed by atoms with Crippen LogP contribution in [0.1, 0.15) is 32.8 Å². The number of nitrogens with two attached hydrogens (primary N) is 1. The van der Waals surface area contributed by atoms with Crippen LogP contribution in [0.25, 0.3) is 6.08 Å². The van der Waals surface area contributed by atoms with Crippen LogP contribution in [0.2, 0.25) is 0 Å². The Balaban J connectivity index is 2.35. The van der Waals surface area contributed by atoms with E-state index < -0.39 is 11.7 Å². The average Bonchev–Trinajstić information content (AvgIpc) is 2.36. The van der Waals surface area contributed by atoms with E-state index in [-0.39, 0.29) is 0 Å². The fourth-order valence-corrected chi connectivity index (χ4v) is 1.65. The first kappa shape index (κ1) is 16.9. The lowest BCUT2D eigenvalue weighted by Gasteiger charge is -2.19. The van der Waals surface area contributed by atoms with Crippen molar-refractivity contribution < 1.29 is 14.3 Å². The Kier molecular flexibility index (Phi) is 6.09. The second-order valence-electron chi connectivity index (χ2n) is 5.62. The van der Waals surface area contributed by atoms with E-state index in [1.165, 1.54) is 0 Å². The average molecular weight is 292 g/mol. The Morgan fingerprint density at radius 1 is 1.38 bits per heavy atom. The zero-order valence-corrected chi connectivity index (χ0v) is 13.1. The van der Waals surface area contributed by atoms with Gasteiger partial charge >= 0.3 is 6.09 Å². The molecular formula is C16H24N2O3. The summed E-state index contributed by atoms with van der Waals surface area (Å²) in [5.41, 5.74) is 6.95. The maximum Gasteiger partial charge on any atom is 0.407 e. The summed E-state index contributed by atoms with van der Waals surface area (Å²) >= 11 is 0. The summed E-state index contributed by atoms with van der Waals surface area (Å²) < 4.78 is 10.2. The smallest absolute Gasteiger partial charge is 0.407 e. The summed E-state index contributed by atoms with van der Waals surface area (Å²) in [6.45, 7) is 6.03. The molecule has 0 bridgehead atoms. The second kappa shape index (κ2) is 7.57. The van der Waals surface area contributed by atoms with Gasteiger partial charge in [0.15, 0.2) is 0 Å². The van der Waals surface area contributed by atoms with Gasteiger partial charge < -0.3 is 20.5 Å². The zero-order chi connectivity index (χ0) is 15.9. The van der Waals surface area contributed by atoms with E-state index in [2.05, 4.69) is 5.32 Å². The Morgan fingerprint density at radius 3 is 2.67 bits per heavy atom. The van der Waals surface area contributed by atoms with Gasteiger partial charge in [-0.3, -0.25) is 0 Å². The van der Waals surface area contributed by atoms with Crippen molar-refractivity contribution >= 4 is 17.9 Å². The Hall–Kier alpha value is -2.17. The van der Waals surface area contributed by atoms with Gasteiger partial charge in [-0.25, -0.2) is 4.79 Å². The monoisotopic (exact) mass is 292 g/mol. The van der Waals surface area contributed by atoms with E-state index in [9.17, 15) is 4.79 Å². The number of hydrogen-bond donors (Lipinski definition) is 2. The molecular weight excluding hydrogens is 268 g/mol. The first-order chi connectivity index (χ1) is 9.81. The topological polar surface area (TPSA) is 73.6 Å². The maximum atomic E-state index is 11.4. The molecule has 0 aromatic heterocycles. The van der Waals surface area contributed by atoms with Gasteiger partial charge in [-0.15, -0.1) is 0 Å². The number of benzene rings is 1. The first-order valence-corrected chi connectivity index (χ1v) is 6.89. The normalized spacial score (nSPS) is 11.4. The lowest BCUT2D eigenvalue weighted by Crippen LogP contribution is -2.32. The molecule has 0 saturated carbocycles. The molecule has 1 aromatic carbocycles. The molecule has 21 heavy (non-hydrogen) atoms. The molecule has 0 unspecified atom stereocenters. The number of nitrogens with one attached hydrogen (secondary N) is 1. The molecule has 0 radical (unpaired) electrons. The zero-order valence-electron chi connectivity index (χ0n) is 13.1. The summed E-state index contributed by atoms with van der Waals surface area (Å²) in [5.74, 6) is 0.666. The van der Waals surface area contributed by atoms with Gasteiger partial charge in [-0.1, -0.05) is 18.2 Å². The highest BCUT2D eigenvalue weighted by Crippen LogP contribution is 2.22. The van der Waals surface area contributed by atoms with Gasteiger partial charge in [0.05, 0.1) is 12.8 Å². The fourth-order valence-electron chi connectivity index (χ4n) is 1.65. The molecule has 5 nitrogen and oxygen atoms in total. The highest BCUT2D eigenvalue weighted by atomic mass is 16.6. The summed E-state index contributed by atoms with van der Waals surface area (Å²) in [6.07, 6.45) is 4.24. The number of carbonyl (C=O) groups is 1. The van der Waals surface area contributed by atoms with Gasteiger partial charge in [0, 0.05) is 6.54 Å². The van der Waals surface area contributed by atoms with Crippen molar-refractivity contribution in [3.63, 3.8) is 0 Å².